The van der Waals surface area contributed by atoms with Gasteiger partial charge in [0.05, 0.1) is 0 Å². The van der Waals surface area contributed by atoms with Gasteiger partial charge in [-0.25, -0.2) is 0 Å². The summed E-state index contributed by atoms with van der Waals surface area (Å²) < 4.78 is 0. The molecule has 0 fully saturated rings. The van der Waals surface area contributed by atoms with Crippen LogP contribution in [-0.4, -0.2) is 24.4 Å². The van der Waals surface area contributed by atoms with Gasteiger partial charge >= 0.3 is 0 Å². The molecule has 0 aliphatic heterocycles. The maximum atomic E-state index is 11.7. The van der Waals surface area contributed by atoms with Gasteiger partial charge in [-0.1, -0.05) is 6.07 Å². The van der Waals surface area contributed by atoms with Crippen LogP contribution in [0.3, 0.4) is 0 Å². The summed E-state index contributed by atoms with van der Waals surface area (Å²) in [5, 5.41) is 5.43. The van der Waals surface area contributed by atoms with E-state index >= 15 is 0 Å². The first-order chi connectivity index (χ1) is 8.49. The van der Waals surface area contributed by atoms with Crippen LogP contribution >= 0.6 is 12.4 Å². The van der Waals surface area contributed by atoms with E-state index < -0.39 is 0 Å². The van der Waals surface area contributed by atoms with Crippen LogP contribution in [0.15, 0.2) is 24.3 Å². The highest BCUT2D eigenvalue weighted by molar-refractivity contribution is 5.95. The van der Waals surface area contributed by atoms with Gasteiger partial charge in [-0.15, -0.1) is 12.4 Å². The van der Waals surface area contributed by atoms with Crippen molar-refractivity contribution in [3.63, 3.8) is 0 Å². The van der Waals surface area contributed by atoms with Crippen LogP contribution in [0.1, 0.15) is 30.6 Å². The molecule has 19 heavy (non-hydrogen) atoms. The summed E-state index contributed by atoms with van der Waals surface area (Å²) in [6.45, 7) is 4.10. The Morgan fingerprint density at radius 3 is 2.58 bits per heavy atom. The standard InChI is InChI=1S/C13H19N3O2.ClH/c1-9(2)16-12(17)6-7-15-13(18)10-4-3-5-11(14)8-10;/h3-5,8-9H,6-7,14H2,1-2H3,(H,15,18)(H,16,17);1H. The summed E-state index contributed by atoms with van der Waals surface area (Å²) in [5.74, 6) is -0.294. The van der Waals surface area contributed by atoms with E-state index in [-0.39, 0.29) is 36.7 Å². The van der Waals surface area contributed by atoms with Crippen molar-refractivity contribution < 1.29 is 9.59 Å². The molecule has 106 valence electrons. The Hall–Kier alpha value is -1.75. The van der Waals surface area contributed by atoms with Gasteiger partial charge in [-0.05, 0) is 32.0 Å². The second-order valence-corrected chi connectivity index (χ2v) is 4.35. The molecular weight excluding hydrogens is 266 g/mol. The van der Waals surface area contributed by atoms with E-state index in [1.54, 1.807) is 24.3 Å². The van der Waals surface area contributed by atoms with Crippen LogP contribution < -0.4 is 16.4 Å². The Morgan fingerprint density at radius 2 is 2.00 bits per heavy atom. The zero-order valence-corrected chi connectivity index (χ0v) is 11.9. The molecule has 0 radical (unpaired) electrons. The number of carbonyl (C=O) groups is 2. The predicted molar refractivity (Wildman–Crippen MR) is 78.3 cm³/mol. The second-order valence-electron chi connectivity index (χ2n) is 4.35. The van der Waals surface area contributed by atoms with E-state index in [1.165, 1.54) is 0 Å². The van der Waals surface area contributed by atoms with Gasteiger partial charge in [0.1, 0.15) is 0 Å². The summed E-state index contributed by atoms with van der Waals surface area (Å²) in [4.78, 5) is 23.0. The lowest BCUT2D eigenvalue weighted by atomic mass is 10.2. The van der Waals surface area contributed by atoms with E-state index in [9.17, 15) is 9.59 Å². The average molecular weight is 286 g/mol. The van der Waals surface area contributed by atoms with Crippen LogP contribution in [-0.2, 0) is 4.79 Å². The maximum absolute atomic E-state index is 11.7. The van der Waals surface area contributed by atoms with Crippen molar-refractivity contribution in [1.29, 1.82) is 0 Å². The van der Waals surface area contributed by atoms with Crippen LogP contribution in [0, 0.1) is 0 Å². The normalized spacial score (nSPS) is 9.63. The first kappa shape index (κ1) is 17.2. The molecule has 1 aromatic rings. The average Bonchev–Trinajstić information content (AvgIpc) is 2.27. The fourth-order valence-electron chi connectivity index (χ4n) is 1.47. The minimum absolute atomic E-state index is 0. The molecule has 0 aliphatic carbocycles. The number of halogens is 1. The molecule has 4 N–H and O–H groups in total. The highest BCUT2D eigenvalue weighted by Crippen LogP contribution is 2.05. The second kappa shape index (κ2) is 8.37. The number of amides is 2. The van der Waals surface area contributed by atoms with Crippen LogP contribution in [0.25, 0.3) is 0 Å². The van der Waals surface area contributed by atoms with Crippen molar-refractivity contribution in [2.75, 3.05) is 12.3 Å². The molecule has 2 amide bonds. The lowest BCUT2D eigenvalue weighted by molar-refractivity contribution is -0.121. The first-order valence-electron chi connectivity index (χ1n) is 5.92. The molecule has 0 aromatic heterocycles. The highest BCUT2D eigenvalue weighted by atomic mass is 35.5. The lowest BCUT2D eigenvalue weighted by Gasteiger charge is -2.09. The largest absolute Gasteiger partial charge is 0.399 e. The van der Waals surface area contributed by atoms with E-state index in [4.69, 9.17) is 5.73 Å². The minimum Gasteiger partial charge on any atom is -0.399 e. The van der Waals surface area contributed by atoms with Crippen molar-refractivity contribution in [1.82, 2.24) is 10.6 Å². The fraction of sp³-hybridized carbons (Fsp3) is 0.385. The van der Waals surface area contributed by atoms with Gasteiger partial charge in [-0.3, -0.25) is 9.59 Å². The third-order valence-electron chi connectivity index (χ3n) is 2.24. The van der Waals surface area contributed by atoms with Crippen molar-refractivity contribution >= 4 is 29.9 Å². The summed E-state index contributed by atoms with van der Waals surface area (Å²) in [6, 6.07) is 6.83. The van der Waals surface area contributed by atoms with E-state index in [2.05, 4.69) is 10.6 Å². The number of benzene rings is 1. The zero-order chi connectivity index (χ0) is 13.5. The number of hydrogen-bond donors (Lipinski definition) is 3. The number of rotatable bonds is 5. The molecule has 0 saturated heterocycles. The Kier molecular flexibility index (Phi) is 7.60. The number of nitrogens with two attached hydrogens (primary N) is 1. The van der Waals surface area contributed by atoms with E-state index in [1.807, 2.05) is 13.8 Å². The molecule has 0 bridgehead atoms. The molecule has 0 heterocycles. The van der Waals surface area contributed by atoms with Crippen molar-refractivity contribution in [2.24, 2.45) is 0 Å². The smallest absolute Gasteiger partial charge is 0.251 e. The topological polar surface area (TPSA) is 84.2 Å². The third kappa shape index (κ3) is 6.67. The molecule has 5 nitrogen and oxygen atoms in total. The number of nitrogens with one attached hydrogen (secondary N) is 2. The summed E-state index contributed by atoms with van der Waals surface area (Å²) in [6.07, 6.45) is 0.270. The lowest BCUT2D eigenvalue weighted by Crippen LogP contribution is -2.34. The summed E-state index contributed by atoms with van der Waals surface area (Å²) in [5.41, 5.74) is 6.63. The van der Waals surface area contributed by atoms with Crippen LogP contribution in [0.5, 0.6) is 0 Å². The zero-order valence-electron chi connectivity index (χ0n) is 11.1. The Balaban J connectivity index is 0.00000324. The molecule has 1 aromatic carbocycles. The Morgan fingerprint density at radius 1 is 1.32 bits per heavy atom. The minimum atomic E-state index is -0.223. The van der Waals surface area contributed by atoms with Gasteiger partial charge < -0.3 is 16.4 Å². The fourth-order valence-corrected chi connectivity index (χ4v) is 1.47. The number of anilines is 1. The van der Waals surface area contributed by atoms with Crippen molar-refractivity contribution in [2.45, 2.75) is 26.3 Å². The summed E-state index contributed by atoms with van der Waals surface area (Å²) >= 11 is 0. The quantitative estimate of drug-likeness (QED) is 0.714. The highest BCUT2D eigenvalue weighted by Gasteiger charge is 2.07. The van der Waals surface area contributed by atoms with Gasteiger partial charge in [0.15, 0.2) is 0 Å². The number of nitrogen functional groups attached to an aromatic ring is 1. The van der Waals surface area contributed by atoms with Gasteiger partial charge in [0.2, 0.25) is 5.91 Å². The van der Waals surface area contributed by atoms with E-state index in [0.29, 0.717) is 17.8 Å². The molecule has 0 spiro atoms. The van der Waals surface area contributed by atoms with Gasteiger partial charge in [0, 0.05) is 30.3 Å². The molecule has 6 heteroatoms. The molecule has 0 aliphatic rings. The molecule has 0 saturated carbocycles. The van der Waals surface area contributed by atoms with E-state index in [0.717, 1.165) is 0 Å². The van der Waals surface area contributed by atoms with Crippen LogP contribution in [0.4, 0.5) is 5.69 Å². The predicted octanol–water partition coefficient (Wildman–Crippen LogP) is 1.34. The third-order valence-corrected chi connectivity index (χ3v) is 2.24. The first-order valence-corrected chi connectivity index (χ1v) is 5.92. The maximum Gasteiger partial charge on any atom is 0.251 e. The molecule has 1 rings (SSSR count). The van der Waals surface area contributed by atoms with Gasteiger partial charge in [0.25, 0.3) is 5.91 Å². The van der Waals surface area contributed by atoms with Gasteiger partial charge in [-0.2, -0.15) is 0 Å². The molecule has 0 unspecified atom stereocenters. The molecular formula is C13H20ClN3O2. The van der Waals surface area contributed by atoms with Crippen molar-refractivity contribution in [3.05, 3.63) is 29.8 Å². The molecule has 0 atom stereocenters. The Labute approximate surface area is 119 Å². The summed E-state index contributed by atoms with van der Waals surface area (Å²) in [7, 11) is 0. The van der Waals surface area contributed by atoms with Crippen LogP contribution in [0.2, 0.25) is 0 Å². The monoisotopic (exact) mass is 285 g/mol. The Bertz CT molecular complexity index is 436. The van der Waals surface area contributed by atoms with Crippen molar-refractivity contribution in [3.8, 4) is 0 Å². The number of hydrogen-bond acceptors (Lipinski definition) is 3. The number of carbonyl (C=O) groups excluding carboxylic acids is 2. The SMILES string of the molecule is CC(C)NC(=O)CCNC(=O)c1cccc(N)c1.Cl.